The molecule has 62 valence electrons. The highest BCUT2D eigenvalue weighted by Gasteiger charge is 2.37. The zero-order valence-electron chi connectivity index (χ0n) is 6.66. The second-order valence-electron chi connectivity index (χ2n) is 4.05. The molecule has 0 spiro atoms. The van der Waals surface area contributed by atoms with Crippen LogP contribution in [-0.4, -0.2) is 16.7 Å². The number of hydrogen-bond acceptors (Lipinski definition) is 2. The third-order valence-electron chi connectivity index (χ3n) is 2.82. The molecule has 0 saturated heterocycles. The molecule has 11 heavy (non-hydrogen) atoms. The molecule has 2 nitrogen and oxygen atoms in total. The highest BCUT2D eigenvalue weighted by atomic mass is 16.3. The number of hydrogen-bond donors (Lipinski definition) is 2. The lowest BCUT2D eigenvalue weighted by Crippen LogP contribution is -2.49. The van der Waals surface area contributed by atoms with Crippen LogP contribution in [0.2, 0.25) is 0 Å². The summed E-state index contributed by atoms with van der Waals surface area (Å²) in [6.07, 6.45) is 7.92. The number of allylic oxidation sites excluding steroid dienone is 1. The van der Waals surface area contributed by atoms with Gasteiger partial charge in [-0.05, 0) is 31.6 Å². The molecule has 3 unspecified atom stereocenters. The summed E-state index contributed by atoms with van der Waals surface area (Å²) in [5, 5.41) is 9.47. The first-order chi connectivity index (χ1) is 5.18. The number of fused-ring (bicyclic) bond motifs is 2. The molecule has 0 heterocycles. The van der Waals surface area contributed by atoms with Gasteiger partial charge in [-0.1, -0.05) is 12.2 Å². The second kappa shape index (κ2) is 2.32. The molecule has 2 aliphatic rings. The van der Waals surface area contributed by atoms with Crippen LogP contribution >= 0.6 is 0 Å². The van der Waals surface area contributed by atoms with Crippen LogP contribution in [0.25, 0.3) is 0 Å². The van der Waals surface area contributed by atoms with E-state index in [1.54, 1.807) is 0 Å². The summed E-state index contributed by atoms with van der Waals surface area (Å²) in [4.78, 5) is 0. The van der Waals surface area contributed by atoms with Crippen molar-refractivity contribution in [2.24, 2.45) is 11.7 Å². The van der Waals surface area contributed by atoms with Crippen LogP contribution in [-0.2, 0) is 0 Å². The third-order valence-corrected chi connectivity index (χ3v) is 2.82. The summed E-state index contributed by atoms with van der Waals surface area (Å²) in [5.74, 6) is 0.539. The standard InChI is InChI=1S/C9H15NO/c10-9-3-1-2-7(5-9)4-8(11)6-9/h1-2,7-8,11H,3-6,10H2. The molecule has 0 amide bonds. The van der Waals surface area contributed by atoms with Crippen LogP contribution in [0, 0.1) is 5.92 Å². The maximum Gasteiger partial charge on any atom is 0.0563 e. The Morgan fingerprint density at radius 2 is 2.27 bits per heavy atom. The van der Waals surface area contributed by atoms with Gasteiger partial charge in [-0.2, -0.15) is 0 Å². The number of aliphatic hydroxyl groups excluding tert-OH is 1. The van der Waals surface area contributed by atoms with E-state index in [1.165, 1.54) is 0 Å². The molecule has 1 saturated carbocycles. The van der Waals surface area contributed by atoms with E-state index in [2.05, 4.69) is 12.2 Å². The van der Waals surface area contributed by atoms with Crippen molar-refractivity contribution >= 4 is 0 Å². The summed E-state index contributed by atoms with van der Waals surface area (Å²) in [7, 11) is 0. The quantitative estimate of drug-likeness (QED) is 0.506. The molecule has 2 aliphatic carbocycles. The molecule has 0 aliphatic heterocycles. The van der Waals surface area contributed by atoms with Gasteiger partial charge < -0.3 is 10.8 Å². The molecule has 0 aromatic heterocycles. The minimum Gasteiger partial charge on any atom is -0.393 e. The van der Waals surface area contributed by atoms with Gasteiger partial charge in [-0.15, -0.1) is 0 Å². The first-order valence-corrected chi connectivity index (χ1v) is 4.32. The van der Waals surface area contributed by atoms with Gasteiger partial charge in [-0.3, -0.25) is 0 Å². The van der Waals surface area contributed by atoms with E-state index in [4.69, 9.17) is 5.73 Å². The lowest BCUT2D eigenvalue weighted by molar-refractivity contribution is 0.0646. The average molecular weight is 153 g/mol. The van der Waals surface area contributed by atoms with Crippen molar-refractivity contribution in [1.82, 2.24) is 0 Å². The summed E-state index contributed by atoms with van der Waals surface area (Å²) in [6, 6.07) is 0. The van der Waals surface area contributed by atoms with Gasteiger partial charge in [0.1, 0.15) is 0 Å². The van der Waals surface area contributed by atoms with Crippen LogP contribution in [0.4, 0.5) is 0 Å². The Bertz CT molecular complexity index is 190. The van der Waals surface area contributed by atoms with Crippen LogP contribution in [0.3, 0.4) is 0 Å². The molecule has 0 aromatic carbocycles. The molecule has 0 aromatic rings. The highest BCUT2D eigenvalue weighted by molar-refractivity contribution is 5.09. The summed E-state index contributed by atoms with van der Waals surface area (Å²) in [6.45, 7) is 0. The van der Waals surface area contributed by atoms with Crippen LogP contribution < -0.4 is 5.73 Å². The Balaban J connectivity index is 2.19. The van der Waals surface area contributed by atoms with Gasteiger partial charge in [0.15, 0.2) is 0 Å². The van der Waals surface area contributed by atoms with E-state index in [0.717, 1.165) is 25.7 Å². The highest BCUT2D eigenvalue weighted by Crippen LogP contribution is 2.37. The summed E-state index contributed by atoms with van der Waals surface area (Å²) >= 11 is 0. The number of aliphatic hydroxyl groups is 1. The van der Waals surface area contributed by atoms with Gasteiger partial charge in [0, 0.05) is 5.54 Å². The molecule has 1 fully saturated rings. The van der Waals surface area contributed by atoms with Crippen LogP contribution in [0.5, 0.6) is 0 Å². The Hall–Kier alpha value is -0.340. The molecule has 2 bridgehead atoms. The van der Waals surface area contributed by atoms with Gasteiger partial charge >= 0.3 is 0 Å². The SMILES string of the molecule is NC12CC=CC(CC(O)C1)C2. The number of nitrogens with two attached hydrogens (primary N) is 1. The van der Waals surface area contributed by atoms with E-state index in [-0.39, 0.29) is 11.6 Å². The van der Waals surface area contributed by atoms with Gasteiger partial charge in [0.25, 0.3) is 0 Å². The average Bonchev–Trinajstić information content (AvgIpc) is 1.82. The lowest BCUT2D eigenvalue weighted by Gasteiger charge is -2.41. The predicted molar refractivity (Wildman–Crippen MR) is 44.0 cm³/mol. The normalized spacial score (nSPS) is 49.3. The van der Waals surface area contributed by atoms with Gasteiger partial charge in [0.05, 0.1) is 6.10 Å². The zero-order chi connectivity index (χ0) is 7.90. The minimum absolute atomic E-state index is 0.0862. The molecule has 2 heteroatoms. The van der Waals surface area contributed by atoms with E-state index >= 15 is 0 Å². The third kappa shape index (κ3) is 1.33. The van der Waals surface area contributed by atoms with Gasteiger partial charge in [-0.25, -0.2) is 0 Å². The van der Waals surface area contributed by atoms with Crippen molar-refractivity contribution in [3.05, 3.63) is 12.2 Å². The van der Waals surface area contributed by atoms with Crippen molar-refractivity contribution < 1.29 is 5.11 Å². The Morgan fingerprint density at radius 1 is 1.45 bits per heavy atom. The topological polar surface area (TPSA) is 46.2 Å². The Kier molecular flexibility index (Phi) is 1.55. The molecule has 0 radical (unpaired) electrons. The fraction of sp³-hybridized carbons (Fsp3) is 0.778. The van der Waals surface area contributed by atoms with E-state index < -0.39 is 0 Å². The van der Waals surface area contributed by atoms with Crippen molar-refractivity contribution in [1.29, 1.82) is 0 Å². The largest absolute Gasteiger partial charge is 0.393 e. The van der Waals surface area contributed by atoms with E-state index in [0.29, 0.717) is 5.92 Å². The summed E-state index contributed by atoms with van der Waals surface area (Å²) in [5.41, 5.74) is 5.99. The lowest BCUT2D eigenvalue weighted by atomic mass is 9.70. The van der Waals surface area contributed by atoms with E-state index in [9.17, 15) is 5.11 Å². The monoisotopic (exact) mass is 153 g/mol. The second-order valence-corrected chi connectivity index (χ2v) is 4.05. The number of rotatable bonds is 0. The van der Waals surface area contributed by atoms with Crippen molar-refractivity contribution in [3.63, 3.8) is 0 Å². The molecule has 2 rings (SSSR count). The minimum atomic E-state index is -0.163. The molecular weight excluding hydrogens is 138 g/mol. The fourth-order valence-corrected chi connectivity index (χ4v) is 2.40. The molecular formula is C9H15NO. The fourth-order valence-electron chi connectivity index (χ4n) is 2.40. The van der Waals surface area contributed by atoms with Gasteiger partial charge in [0.2, 0.25) is 0 Å². The maximum atomic E-state index is 9.47. The van der Waals surface area contributed by atoms with Crippen molar-refractivity contribution in [2.45, 2.75) is 37.3 Å². The smallest absolute Gasteiger partial charge is 0.0563 e. The first kappa shape index (κ1) is 7.32. The summed E-state index contributed by atoms with van der Waals surface area (Å²) < 4.78 is 0. The predicted octanol–water partition coefficient (Wildman–Crippen LogP) is 0.805. The Labute approximate surface area is 67.1 Å². The first-order valence-electron chi connectivity index (χ1n) is 4.32. The van der Waals surface area contributed by atoms with Crippen molar-refractivity contribution in [3.8, 4) is 0 Å². The zero-order valence-corrected chi connectivity index (χ0v) is 6.66. The maximum absolute atomic E-state index is 9.47. The van der Waals surface area contributed by atoms with Crippen LogP contribution in [0.1, 0.15) is 25.7 Å². The van der Waals surface area contributed by atoms with E-state index in [1.807, 2.05) is 0 Å². The molecule has 3 atom stereocenters. The van der Waals surface area contributed by atoms with Crippen molar-refractivity contribution in [2.75, 3.05) is 0 Å². The Morgan fingerprint density at radius 3 is 3.00 bits per heavy atom. The van der Waals surface area contributed by atoms with Crippen LogP contribution in [0.15, 0.2) is 12.2 Å². The molecule has 3 N–H and O–H groups in total.